The number of rotatable bonds is 4. The van der Waals surface area contributed by atoms with E-state index in [0.717, 1.165) is 16.9 Å². The van der Waals surface area contributed by atoms with Gasteiger partial charge in [-0.05, 0) is 75.8 Å². The van der Waals surface area contributed by atoms with Crippen molar-refractivity contribution >= 4 is 15.2 Å². The fourth-order valence-corrected chi connectivity index (χ4v) is 22.9. The Labute approximate surface area is 159 Å². The van der Waals surface area contributed by atoms with Gasteiger partial charge in [0.1, 0.15) is 0 Å². The maximum Gasteiger partial charge on any atom is 0.0870 e. The van der Waals surface area contributed by atoms with Crippen molar-refractivity contribution in [1.29, 1.82) is 0 Å². The number of hydrogen-bond acceptors (Lipinski definition) is 0. The molecule has 2 fully saturated rings. The molecule has 0 aromatic heterocycles. The van der Waals surface area contributed by atoms with Crippen LogP contribution in [0.2, 0.25) is 18.6 Å². The largest absolute Gasteiger partial charge is 0.111 e. The van der Waals surface area contributed by atoms with Crippen molar-refractivity contribution in [1.82, 2.24) is 0 Å². The Balaban J connectivity index is 1.95. The number of allylic oxidation sites excluding steroid dienone is 4. The minimum absolute atomic E-state index is 0.228. The summed E-state index contributed by atoms with van der Waals surface area (Å²) in [5.74, 6) is 0. The molecule has 0 amide bonds. The lowest BCUT2D eigenvalue weighted by Crippen LogP contribution is -2.40. The van der Waals surface area contributed by atoms with Gasteiger partial charge in [-0.25, -0.2) is 0 Å². The predicted molar refractivity (Wildman–Crippen MR) is 119 cm³/mol. The van der Waals surface area contributed by atoms with Crippen LogP contribution in [0.3, 0.4) is 0 Å². The zero-order valence-electron chi connectivity index (χ0n) is 17.8. The highest BCUT2D eigenvalue weighted by Crippen LogP contribution is 2.67. The zero-order chi connectivity index (χ0) is 18.2. The molecule has 3 aliphatic carbocycles. The fourth-order valence-electron chi connectivity index (χ4n) is 6.52. The summed E-state index contributed by atoms with van der Waals surface area (Å²) in [6.45, 7) is 15.4. The first-order chi connectivity index (χ1) is 11.9. The molecule has 0 saturated heterocycles. The lowest BCUT2D eigenvalue weighted by Gasteiger charge is -2.50. The van der Waals surface area contributed by atoms with Crippen molar-refractivity contribution in [2.75, 3.05) is 0 Å². The molecule has 2 saturated carbocycles. The molecule has 0 heterocycles. The molecule has 142 valence electrons. The van der Waals surface area contributed by atoms with E-state index in [9.17, 15) is 0 Å². The highest BCUT2D eigenvalue weighted by Gasteiger charge is 2.49. The van der Waals surface area contributed by atoms with E-state index in [1.54, 1.807) is 48.0 Å². The monoisotopic (exact) mass is 376 g/mol. The molecule has 0 atom stereocenters. The molecule has 0 bridgehead atoms. The van der Waals surface area contributed by atoms with Crippen LogP contribution in [0, 0.1) is 0 Å². The van der Waals surface area contributed by atoms with Gasteiger partial charge in [0, 0.05) is 5.54 Å². The SMILES string of the molecule is CC1=C(C)C([Si](C)(C)P(C2CCCCC2)C2CCCCC2)C(C)=C1C. The standard InChI is InChI=1S/C23H41PSi/c1-17-18(2)20(4)23(19(17)3)25(5,6)24(21-13-9-7-10-14-21)22-15-11-8-12-16-22/h21-23H,7-16H2,1-6H3. The van der Waals surface area contributed by atoms with E-state index in [1.165, 1.54) is 38.5 Å². The van der Waals surface area contributed by atoms with Crippen LogP contribution in [0.25, 0.3) is 0 Å². The molecule has 0 spiro atoms. The highest BCUT2D eigenvalue weighted by atomic mass is 31.4. The Kier molecular flexibility index (Phi) is 6.37. The summed E-state index contributed by atoms with van der Waals surface area (Å²) >= 11 is 0. The fraction of sp³-hybridized carbons (Fsp3) is 0.826. The average molecular weight is 377 g/mol. The average Bonchev–Trinajstić information content (AvgIpc) is 2.80. The molecular formula is C23H41PSi. The van der Waals surface area contributed by atoms with Gasteiger partial charge in [0.2, 0.25) is 0 Å². The summed E-state index contributed by atoms with van der Waals surface area (Å²) < 4.78 is 0. The van der Waals surface area contributed by atoms with Gasteiger partial charge >= 0.3 is 0 Å². The molecule has 0 unspecified atom stereocenters. The Hall–Kier alpha value is 0.127. The van der Waals surface area contributed by atoms with Gasteiger partial charge in [-0.3, -0.25) is 0 Å². The van der Waals surface area contributed by atoms with Crippen LogP contribution in [0.4, 0.5) is 0 Å². The van der Waals surface area contributed by atoms with Crippen LogP contribution in [0.5, 0.6) is 0 Å². The first-order valence-corrected chi connectivity index (χ1v) is 16.4. The van der Waals surface area contributed by atoms with Crippen LogP contribution in [0.15, 0.2) is 22.3 Å². The van der Waals surface area contributed by atoms with Gasteiger partial charge < -0.3 is 0 Å². The first kappa shape index (κ1) is 19.9. The lowest BCUT2D eigenvalue weighted by atomic mass is 10.00. The third-order valence-corrected chi connectivity index (χ3v) is 21.1. The van der Waals surface area contributed by atoms with Crippen molar-refractivity contribution in [3.05, 3.63) is 22.3 Å². The smallest absolute Gasteiger partial charge is 0.0870 e. The summed E-state index contributed by atoms with van der Waals surface area (Å²) in [6, 6.07) is 0. The van der Waals surface area contributed by atoms with E-state index in [-0.39, 0.29) is 7.47 Å². The highest BCUT2D eigenvalue weighted by molar-refractivity contribution is 7.96. The second kappa shape index (κ2) is 8.01. The van der Waals surface area contributed by atoms with Crippen molar-refractivity contribution < 1.29 is 0 Å². The summed E-state index contributed by atoms with van der Waals surface area (Å²) in [6.07, 6.45) is 15.4. The molecule has 0 radical (unpaired) electrons. The van der Waals surface area contributed by atoms with Gasteiger partial charge in [-0.15, -0.1) is 7.47 Å². The molecule has 0 N–H and O–H groups in total. The van der Waals surface area contributed by atoms with E-state index in [1.807, 2.05) is 0 Å². The third kappa shape index (κ3) is 3.75. The predicted octanol–water partition coefficient (Wildman–Crippen LogP) is 8.40. The van der Waals surface area contributed by atoms with Crippen LogP contribution < -0.4 is 0 Å². The van der Waals surface area contributed by atoms with Gasteiger partial charge in [-0.1, -0.05) is 62.8 Å². The molecule has 0 aliphatic heterocycles. The van der Waals surface area contributed by atoms with E-state index < -0.39 is 7.74 Å². The Morgan fingerprint density at radius 2 is 1.00 bits per heavy atom. The van der Waals surface area contributed by atoms with E-state index in [2.05, 4.69) is 40.8 Å². The lowest BCUT2D eigenvalue weighted by molar-refractivity contribution is 0.487. The molecule has 0 aromatic rings. The first-order valence-electron chi connectivity index (χ1n) is 11.0. The van der Waals surface area contributed by atoms with Crippen molar-refractivity contribution in [2.45, 2.75) is 122 Å². The maximum absolute atomic E-state index is 2.81. The van der Waals surface area contributed by atoms with Crippen molar-refractivity contribution in [3.8, 4) is 0 Å². The topological polar surface area (TPSA) is 0 Å². The van der Waals surface area contributed by atoms with Gasteiger partial charge in [-0.2, -0.15) is 0 Å². The van der Waals surface area contributed by atoms with Crippen LogP contribution >= 0.6 is 7.47 Å². The molecular weight excluding hydrogens is 335 g/mol. The second-order valence-electron chi connectivity index (χ2n) is 9.69. The molecule has 2 heteroatoms. The molecule has 25 heavy (non-hydrogen) atoms. The quantitative estimate of drug-likeness (QED) is 0.341. The Bertz CT molecular complexity index is 502. The summed E-state index contributed by atoms with van der Waals surface area (Å²) in [7, 11) is -1.11. The van der Waals surface area contributed by atoms with E-state index in [4.69, 9.17) is 0 Å². The third-order valence-electron chi connectivity index (χ3n) is 7.92. The maximum atomic E-state index is 2.81. The summed E-state index contributed by atoms with van der Waals surface area (Å²) in [5.41, 5.74) is 9.83. The van der Waals surface area contributed by atoms with Crippen molar-refractivity contribution in [3.63, 3.8) is 0 Å². The van der Waals surface area contributed by atoms with Gasteiger partial charge in [0.15, 0.2) is 0 Å². The van der Waals surface area contributed by atoms with Gasteiger partial charge in [0.05, 0.1) is 7.74 Å². The molecule has 3 aliphatic rings. The van der Waals surface area contributed by atoms with Crippen molar-refractivity contribution in [2.24, 2.45) is 0 Å². The summed E-state index contributed by atoms with van der Waals surface area (Å²) in [4.78, 5) is 0. The second-order valence-corrected chi connectivity index (χ2v) is 20.9. The van der Waals surface area contributed by atoms with Gasteiger partial charge in [0.25, 0.3) is 0 Å². The molecule has 0 aromatic carbocycles. The normalized spacial score (nSPS) is 25.6. The van der Waals surface area contributed by atoms with E-state index in [0.29, 0.717) is 0 Å². The Morgan fingerprint density at radius 3 is 1.36 bits per heavy atom. The minimum atomic E-state index is -1.34. The number of hydrogen-bond donors (Lipinski definition) is 0. The Morgan fingerprint density at radius 1 is 0.640 bits per heavy atom. The zero-order valence-corrected chi connectivity index (χ0v) is 19.6. The molecule has 3 rings (SSSR count). The van der Waals surface area contributed by atoms with Crippen LogP contribution in [0.1, 0.15) is 91.9 Å². The van der Waals surface area contributed by atoms with Crippen LogP contribution in [-0.4, -0.2) is 19.1 Å². The molecule has 0 nitrogen and oxygen atoms in total. The van der Waals surface area contributed by atoms with Crippen LogP contribution in [-0.2, 0) is 0 Å². The summed E-state index contributed by atoms with van der Waals surface area (Å²) in [5, 5.41) is 0. The minimum Gasteiger partial charge on any atom is -0.111 e. The van der Waals surface area contributed by atoms with E-state index >= 15 is 0 Å².